The van der Waals surface area contributed by atoms with E-state index in [4.69, 9.17) is 0 Å². The zero-order valence-corrected chi connectivity index (χ0v) is 8.41. The molecule has 1 aliphatic rings. The Balaban J connectivity index is 1.94. The fourth-order valence-corrected chi connectivity index (χ4v) is 1.78. The number of rotatable bonds is 2. The molecular formula is C11H15FN2. The number of aryl methyl sites for hydroxylation is 1. The quantitative estimate of drug-likeness (QED) is 0.715. The highest BCUT2D eigenvalue weighted by atomic mass is 19.1. The minimum Gasteiger partial charge on any atom is -0.296 e. The predicted octanol–water partition coefficient (Wildman–Crippen LogP) is 1.93. The Bertz CT molecular complexity index is 297. The van der Waals surface area contributed by atoms with Gasteiger partial charge in [0.05, 0.1) is 0 Å². The van der Waals surface area contributed by atoms with Crippen molar-refractivity contribution in [2.75, 3.05) is 13.1 Å². The highest BCUT2D eigenvalue weighted by molar-refractivity contribution is 5.13. The third-order valence-corrected chi connectivity index (χ3v) is 2.59. The van der Waals surface area contributed by atoms with Gasteiger partial charge in [0.1, 0.15) is 6.17 Å². The van der Waals surface area contributed by atoms with E-state index in [2.05, 4.69) is 16.0 Å². The number of aromatic nitrogens is 1. The van der Waals surface area contributed by atoms with Crippen molar-refractivity contribution in [1.29, 1.82) is 0 Å². The van der Waals surface area contributed by atoms with Gasteiger partial charge in [0.25, 0.3) is 0 Å². The topological polar surface area (TPSA) is 16.1 Å². The van der Waals surface area contributed by atoms with E-state index < -0.39 is 6.17 Å². The van der Waals surface area contributed by atoms with Crippen LogP contribution in [0, 0.1) is 6.92 Å². The van der Waals surface area contributed by atoms with Crippen molar-refractivity contribution in [3.05, 3.63) is 29.6 Å². The summed E-state index contributed by atoms with van der Waals surface area (Å²) in [4.78, 5) is 6.36. The average Bonchev–Trinajstić information content (AvgIpc) is 2.56. The molecular weight excluding hydrogens is 179 g/mol. The molecule has 1 aromatic rings. The standard InChI is InChI=1S/C11H15FN2/c1-9-2-3-10(6-13-9)7-14-5-4-11(12)8-14/h2-3,6,11H,4-5,7-8H2,1H3. The maximum atomic E-state index is 12.9. The summed E-state index contributed by atoms with van der Waals surface area (Å²) in [5.74, 6) is 0. The van der Waals surface area contributed by atoms with Crippen LogP contribution in [0.5, 0.6) is 0 Å². The van der Waals surface area contributed by atoms with Crippen LogP contribution in [-0.4, -0.2) is 29.1 Å². The van der Waals surface area contributed by atoms with Gasteiger partial charge in [-0.05, 0) is 25.0 Å². The first kappa shape index (κ1) is 9.59. The molecule has 3 heteroatoms. The second-order valence-electron chi connectivity index (χ2n) is 3.93. The zero-order chi connectivity index (χ0) is 9.97. The first-order valence-corrected chi connectivity index (χ1v) is 5.02. The van der Waals surface area contributed by atoms with Crippen LogP contribution in [0.15, 0.2) is 18.3 Å². The molecule has 0 aliphatic carbocycles. The normalized spacial score (nSPS) is 22.9. The van der Waals surface area contributed by atoms with Crippen molar-refractivity contribution in [2.45, 2.75) is 26.1 Å². The summed E-state index contributed by atoms with van der Waals surface area (Å²) in [5.41, 5.74) is 2.20. The van der Waals surface area contributed by atoms with E-state index in [1.165, 1.54) is 5.56 Å². The van der Waals surface area contributed by atoms with Crippen molar-refractivity contribution in [3.8, 4) is 0 Å². The Morgan fingerprint density at radius 1 is 1.57 bits per heavy atom. The summed E-state index contributed by atoms with van der Waals surface area (Å²) >= 11 is 0. The van der Waals surface area contributed by atoms with Crippen LogP contribution in [0.3, 0.4) is 0 Å². The number of pyridine rings is 1. The van der Waals surface area contributed by atoms with Crippen molar-refractivity contribution < 1.29 is 4.39 Å². The molecule has 76 valence electrons. The summed E-state index contributed by atoms with van der Waals surface area (Å²) in [7, 11) is 0. The maximum Gasteiger partial charge on any atom is 0.114 e. The third-order valence-electron chi connectivity index (χ3n) is 2.59. The second-order valence-corrected chi connectivity index (χ2v) is 3.93. The van der Waals surface area contributed by atoms with Gasteiger partial charge in [-0.2, -0.15) is 0 Å². The van der Waals surface area contributed by atoms with Gasteiger partial charge in [0.15, 0.2) is 0 Å². The van der Waals surface area contributed by atoms with Gasteiger partial charge >= 0.3 is 0 Å². The van der Waals surface area contributed by atoms with Crippen LogP contribution in [0.1, 0.15) is 17.7 Å². The van der Waals surface area contributed by atoms with E-state index in [0.29, 0.717) is 13.0 Å². The van der Waals surface area contributed by atoms with Crippen molar-refractivity contribution in [1.82, 2.24) is 9.88 Å². The molecule has 2 heterocycles. The molecule has 14 heavy (non-hydrogen) atoms. The van der Waals surface area contributed by atoms with E-state index >= 15 is 0 Å². The monoisotopic (exact) mass is 194 g/mol. The first-order valence-electron chi connectivity index (χ1n) is 5.02. The van der Waals surface area contributed by atoms with Crippen LogP contribution in [0.25, 0.3) is 0 Å². The van der Waals surface area contributed by atoms with Gasteiger partial charge in [-0.3, -0.25) is 9.88 Å². The fourth-order valence-electron chi connectivity index (χ4n) is 1.78. The molecule has 1 aliphatic heterocycles. The lowest BCUT2D eigenvalue weighted by Crippen LogP contribution is -2.20. The first-order chi connectivity index (χ1) is 6.74. The number of likely N-dealkylation sites (tertiary alicyclic amines) is 1. The molecule has 2 nitrogen and oxygen atoms in total. The van der Waals surface area contributed by atoms with Crippen LogP contribution in [0.4, 0.5) is 4.39 Å². The fraction of sp³-hybridized carbons (Fsp3) is 0.545. The van der Waals surface area contributed by atoms with E-state index in [1.807, 2.05) is 19.2 Å². The SMILES string of the molecule is Cc1ccc(CN2CCC(F)C2)cn1. The lowest BCUT2D eigenvalue weighted by atomic mass is 10.2. The van der Waals surface area contributed by atoms with Crippen LogP contribution >= 0.6 is 0 Å². The Labute approximate surface area is 83.8 Å². The lowest BCUT2D eigenvalue weighted by molar-refractivity contribution is 0.282. The molecule has 1 unspecified atom stereocenters. The molecule has 1 aromatic heterocycles. The summed E-state index contributed by atoms with van der Waals surface area (Å²) in [5, 5.41) is 0. The molecule has 2 rings (SSSR count). The van der Waals surface area contributed by atoms with E-state index in [-0.39, 0.29) is 0 Å². The molecule has 0 spiro atoms. The lowest BCUT2D eigenvalue weighted by Gasteiger charge is -2.13. The number of hydrogen-bond donors (Lipinski definition) is 0. The average molecular weight is 194 g/mol. The third kappa shape index (κ3) is 2.29. The van der Waals surface area contributed by atoms with Crippen LogP contribution < -0.4 is 0 Å². The Hall–Kier alpha value is -0.960. The Kier molecular flexibility index (Phi) is 2.77. The molecule has 0 amide bonds. The summed E-state index contributed by atoms with van der Waals surface area (Å²) < 4.78 is 12.9. The summed E-state index contributed by atoms with van der Waals surface area (Å²) in [6.45, 7) is 4.24. The smallest absolute Gasteiger partial charge is 0.114 e. The van der Waals surface area contributed by atoms with Gasteiger partial charge in [-0.25, -0.2) is 4.39 Å². The van der Waals surface area contributed by atoms with Gasteiger partial charge in [-0.1, -0.05) is 6.07 Å². The largest absolute Gasteiger partial charge is 0.296 e. The van der Waals surface area contributed by atoms with E-state index in [9.17, 15) is 4.39 Å². The second kappa shape index (κ2) is 4.05. The Morgan fingerprint density at radius 2 is 2.43 bits per heavy atom. The summed E-state index contributed by atoms with van der Waals surface area (Å²) in [6.07, 6.45) is 1.92. The minimum atomic E-state index is -0.631. The molecule has 1 fully saturated rings. The highest BCUT2D eigenvalue weighted by Crippen LogP contribution is 2.15. The number of halogens is 1. The molecule has 0 N–H and O–H groups in total. The van der Waals surface area contributed by atoms with Crippen molar-refractivity contribution in [3.63, 3.8) is 0 Å². The maximum absolute atomic E-state index is 12.9. The molecule has 0 aromatic carbocycles. The van der Waals surface area contributed by atoms with E-state index in [1.54, 1.807) is 0 Å². The van der Waals surface area contributed by atoms with Gasteiger partial charge in [-0.15, -0.1) is 0 Å². The minimum absolute atomic E-state index is 0.577. The van der Waals surface area contributed by atoms with Gasteiger partial charge < -0.3 is 0 Å². The number of nitrogens with zero attached hydrogens (tertiary/aromatic N) is 2. The van der Waals surface area contributed by atoms with Crippen molar-refractivity contribution >= 4 is 0 Å². The van der Waals surface area contributed by atoms with Gasteiger partial charge in [0.2, 0.25) is 0 Å². The number of hydrogen-bond acceptors (Lipinski definition) is 2. The molecule has 0 saturated carbocycles. The zero-order valence-electron chi connectivity index (χ0n) is 8.41. The number of alkyl halides is 1. The molecule has 1 saturated heterocycles. The predicted molar refractivity (Wildman–Crippen MR) is 53.8 cm³/mol. The molecule has 1 atom stereocenters. The van der Waals surface area contributed by atoms with Gasteiger partial charge in [0, 0.05) is 31.5 Å². The van der Waals surface area contributed by atoms with Crippen LogP contribution in [-0.2, 0) is 6.54 Å². The molecule has 0 bridgehead atoms. The van der Waals surface area contributed by atoms with Crippen LogP contribution in [0.2, 0.25) is 0 Å². The van der Waals surface area contributed by atoms with E-state index in [0.717, 1.165) is 18.8 Å². The highest BCUT2D eigenvalue weighted by Gasteiger charge is 2.21. The Morgan fingerprint density at radius 3 is 3.00 bits per heavy atom. The summed E-state index contributed by atoms with van der Waals surface area (Å²) in [6, 6.07) is 4.06. The molecule has 0 radical (unpaired) electrons. The van der Waals surface area contributed by atoms with Crippen molar-refractivity contribution in [2.24, 2.45) is 0 Å².